The van der Waals surface area contributed by atoms with Crippen LogP contribution < -0.4 is 5.32 Å². The maximum Gasteiger partial charge on any atom is 0.259 e. The standard InChI is InChI=1S/C13H11N3O2S/c17-5-2-1-3-10-7-11(9-14-8-10)12(18)16-13-15-4-6-19-13/h4,6-9,17H,2,5H2,(H,15,16,18). The minimum absolute atomic E-state index is 0.0185. The first-order chi connectivity index (χ1) is 9.29. The van der Waals surface area contributed by atoms with E-state index in [0.717, 1.165) is 0 Å². The smallest absolute Gasteiger partial charge is 0.259 e. The minimum Gasteiger partial charge on any atom is -0.395 e. The molecule has 0 spiro atoms. The van der Waals surface area contributed by atoms with Crippen molar-refractivity contribution in [2.75, 3.05) is 11.9 Å². The predicted octanol–water partition coefficient (Wildman–Crippen LogP) is 1.52. The third-order valence-electron chi connectivity index (χ3n) is 2.12. The molecule has 5 nitrogen and oxygen atoms in total. The van der Waals surface area contributed by atoms with Crippen molar-refractivity contribution in [1.29, 1.82) is 0 Å². The summed E-state index contributed by atoms with van der Waals surface area (Å²) in [5, 5.41) is 13.6. The molecule has 0 saturated heterocycles. The summed E-state index contributed by atoms with van der Waals surface area (Å²) in [6.45, 7) is 0.0185. The van der Waals surface area contributed by atoms with Gasteiger partial charge in [0.2, 0.25) is 0 Å². The second kappa shape index (κ2) is 6.64. The fourth-order valence-corrected chi connectivity index (χ4v) is 1.83. The van der Waals surface area contributed by atoms with Crippen LogP contribution in [-0.4, -0.2) is 27.6 Å². The quantitative estimate of drug-likeness (QED) is 0.831. The Morgan fingerprint density at radius 2 is 2.37 bits per heavy atom. The number of thiazole rings is 1. The maximum absolute atomic E-state index is 11.9. The maximum atomic E-state index is 11.9. The molecule has 6 heteroatoms. The summed E-state index contributed by atoms with van der Waals surface area (Å²) in [5.74, 6) is 5.35. The molecule has 0 aliphatic rings. The Balaban J connectivity index is 2.10. The highest BCUT2D eigenvalue weighted by Crippen LogP contribution is 2.12. The van der Waals surface area contributed by atoms with E-state index in [1.54, 1.807) is 23.8 Å². The average Bonchev–Trinajstić information content (AvgIpc) is 2.92. The van der Waals surface area contributed by atoms with Crippen LogP contribution in [0.15, 0.2) is 30.0 Å². The van der Waals surface area contributed by atoms with Crippen LogP contribution in [0, 0.1) is 11.8 Å². The number of carbonyl (C=O) groups is 1. The lowest BCUT2D eigenvalue weighted by atomic mass is 10.2. The molecule has 19 heavy (non-hydrogen) atoms. The molecule has 0 radical (unpaired) electrons. The monoisotopic (exact) mass is 273 g/mol. The molecule has 0 fully saturated rings. The number of hydrogen-bond donors (Lipinski definition) is 2. The van der Waals surface area contributed by atoms with Gasteiger partial charge in [0.15, 0.2) is 5.13 Å². The summed E-state index contributed by atoms with van der Waals surface area (Å²) in [6.07, 6.45) is 5.07. The molecule has 2 aromatic heterocycles. The normalized spacial score (nSPS) is 9.53. The van der Waals surface area contributed by atoms with E-state index in [0.29, 0.717) is 22.7 Å². The van der Waals surface area contributed by atoms with Crippen LogP contribution in [0.3, 0.4) is 0 Å². The molecule has 96 valence electrons. The van der Waals surface area contributed by atoms with Crippen molar-refractivity contribution in [3.05, 3.63) is 41.2 Å². The van der Waals surface area contributed by atoms with E-state index >= 15 is 0 Å². The highest BCUT2D eigenvalue weighted by atomic mass is 32.1. The number of anilines is 1. The molecule has 0 aliphatic carbocycles. The van der Waals surface area contributed by atoms with Crippen LogP contribution in [0.2, 0.25) is 0 Å². The number of carbonyl (C=O) groups excluding carboxylic acids is 1. The molecular weight excluding hydrogens is 262 g/mol. The molecule has 0 bridgehead atoms. The number of aromatic nitrogens is 2. The van der Waals surface area contributed by atoms with E-state index < -0.39 is 0 Å². The molecule has 1 amide bonds. The van der Waals surface area contributed by atoms with Crippen molar-refractivity contribution in [2.24, 2.45) is 0 Å². The van der Waals surface area contributed by atoms with Crippen LogP contribution >= 0.6 is 11.3 Å². The van der Waals surface area contributed by atoms with Gasteiger partial charge in [0.05, 0.1) is 12.2 Å². The number of hydrogen-bond acceptors (Lipinski definition) is 5. The Bertz CT molecular complexity index is 614. The number of aliphatic hydroxyl groups excluding tert-OH is 1. The lowest BCUT2D eigenvalue weighted by Crippen LogP contribution is -2.12. The fourth-order valence-electron chi connectivity index (χ4n) is 1.31. The van der Waals surface area contributed by atoms with E-state index in [2.05, 4.69) is 27.1 Å². The summed E-state index contributed by atoms with van der Waals surface area (Å²) < 4.78 is 0. The lowest BCUT2D eigenvalue weighted by Gasteiger charge is -2.01. The number of nitrogens with one attached hydrogen (secondary N) is 1. The highest BCUT2D eigenvalue weighted by molar-refractivity contribution is 7.13. The summed E-state index contributed by atoms with van der Waals surface area (Å²) >= 11 is 1.35. The molecule has 0 atom stereocenters. The van der Waals surface area contributed by atoms with Crippen LogP contribution in [0.5, 0.6) is 0 Å². The Morgan fingerprint density at radius 1 is 1.47 bits per heavy atom. The molecule has 2 rings (SSSR count). The molecule has 0 aliphatic heterocycles. The van der Waals surface area contributed by atoms with Crippen molar-refractivity contribution in [3.63, 3.8) is 0 Å². The fraction of sp³-hybridized carbons (Fsp3) is 0.154. The summed E-state index contributed by atoms with van der Waals surface area (Å²) in [4.78, 5) is 19.9. The van der Waals surface area contributed by atoms with Gasteiger partial charge in [-0.15, -0.1) is 11.3 Å². The summed E-state index contributed by atoms with van der Waals surface area (Å²) in [5.41, 5.74) is 1.06. The minimum atomic E-state index is -0.270. The van der Waals surface area contributed by atoms with E-state index in [1.807, 2.05) is 0 Å². The first-order valence-corrected chi connectivity index (χ1v) is 6.43. The van der Waals surface area contributed by atoms with Crippen molar-refractivity contribution in [3.8, 4) is 11.8 Å². The van der Waals surface area contributed by atoms with Crippen LogP contribution in [0.1, 0.15) is 22.3 Å². The van der Waals surface area contributed by atoms with Gasteiger partial charge in [0, 0.05) is 36.0 Å². The van der Waals surface area contributed by atoms with Crippen molar-refractivity contribution in [2.45, 2.75) is 6.42 Å². The number of pyridine rings is 1. The highest BCUT2D eigenvalue weighted by Gasteiger charge is 2.08. The van der Waals surface area contributed by atoms with E-state index in [9.17, 15) is 4.79 Å². The SMILES string of the molecule is O=C(Nc1nccs1)c1cncc(C#CCCO)c1. The van der Waals surface area contributed by atoms with Gasteiger partial charge in [-0.1, -0.05) is 11.8 Å². The third kappa shape index (κ3) is 3.88. The van der Waals surface area contributed by atoms with Gasteiger partial charge in [-0.3, -0.25) is 15.1 Å². The number of rotatable bonds is 3. The lowest BCUT2D eigenvalue weighted by molar-refractivity contribution is 0.102. The zero-order chi connectivity index (χ0) is 13.5. The molecule has 0 saturated carbocycles. The van der Waals surface area contributed by atoms with Crippen LogP contribution in [0.4, 0.5) is 5.13 Å². The second-order valence-electron chi connectivity index (χ2n) is 3.53. The summed E-state index contributed by atoms with van der Waals surface area (Å²) in [7, 11) is 0. The molecule has 2 N–H and O–H groups in total. The second-order valence-corrected chi connectivity index (χ2v) is 4.42. The van der Waals surface area contributed by atoms with Gasteiger partial charge in [-0.05, 0) is 6.07 Å². The van der Waals surface area contributed by atoms with Gasteiger partial charge in [-0.2, -0.15) is 0 Å². The Morgan fingerprint density at radius 3 is 3.11 bits per heavy atom. The van der Waals surface area contributed by atoms with Crippen LogP contribution in [-0.2, 0) is 0 Å². The topological polar surface area (TPSA) is 75.1 Å². The zero-order valence-electron chi connectivity index (χ0n) is 9.96. The Labute approximate surface area is 114 Å². The van der Waals surface area contributed by atoms with Gasteiger partial charge >= 0.3 is 0 Å². The number of nitrogens with zero attached hydrogens (tertiary/aromatic N) is 2. The van der Waals surface area contributed by atoms with E-state index in [-0.39, 0.29) is 12.5 Å². The average molecular weight is 273 g/mol. The molecule has 2 heterocycles. The number of amides is 1. The van der Waals surface area contributed by atoms with Gasteiger partial charge in [0.25, 0.3) is 5.91 Å². The zero-order valence-corrected chi connectivity index (χ0v) is 10.8. The van der Waals surface area contributed by atoms with Crippen LogP contribution in [0.25, 0.3) is 0 Å². The van der Waals surface area contributed by atoms with Gasteiger partial charge in [0.1, 0.15) is 0 Å². The van der Waals surface area contributed by atoms with Crippen molar-refractivity contribution < 1.29 is 9.90 Å². The molecule has 2 aromatic rings. The Hall–Kier alpha value is -2.23. The first-order valence-electron chi connectivity index (χ1n) is 5.55. The van der Waals surface area contributed by atoms with Crippen molar-refractivity contribution in [1.82, 2.24) is 9.97 Å². The van der Waals surface area contributed by atoms with E-state index in [1.165, 1.54) is 17.5 Å². The molecular formula is C13H11N3O2S. The van der Waals surface area contributed by atoms with E-state index in [4.69, 9.17) is 5.11 Å². The Kier molecular flexibility index (Phi) is 4.61. The van der Waals surface area contributed by atoms with Gasteiger partial charge in [-0.25, -0.2) is 4.98 Å². The predicted molar refractivity (Wildman–Crippen MR) is 72.9 cm³/mol. The van der Waals surface area contributed by atoms with Gasteiger partial charge < -0.3 is 5.11 Å². The third-order valence-corrected chi connectivity index (χ3v) is 2.81. The number of aliphatic hydroxyl groups is 1. The molecule has 0 unspecified atom stereocenters. The largest absolute Gasteiger partial charge is 0.395 e. The van der Waals surface area contributed by atoms with Crippen molar-refractivity contribution >= 4 is 22.4 Å². The first kappa shape index (κ1) is 13.2. The molecule has 0 aromatic carbocycles. The summed E-state index contributed by atoms with van der Waals surface area (Å²) in [6, 6.07) is 1.65.